The van der Waals surface area contributed by atoms with E-state index in [2.05, 4.69) is 10.3 Å². The molecule has 39 heavy (non-hydrogen) atoms. The number of hydrogen-bond acceptors (Lipinski definition) is 5. The van der Waals surface area contributed by atoms with Crippen molar-refractivity contribution in [2.45, 2.75) is 19.1 Å². The van der Waals surface area contributed by atoms with Gasteiger partial charge in [0.1, 0.15) is 27.8 Å². The fourth-order valence-corrected chi connectivity index (χ4v) is 4.51. The van der Waals surface area contributed by atoms with Gasteiger partial charge in [0.15, 0.2) is 23.9 Å². The topological polar surface area (TPSA) is 70.9 Å². The third-order valence-corrected chi connectivity index (χ3v) is 6.67. The van der Waals surface area contributed by atoms with Crippen molar-refractivity contribution in [2.75, 3.05) is 19.5 Å². The smallest absolute Gasteiger partial charge is 0.338 e. The molecule has 0 saturated heterocycles. The lowest BCUT2D eigenvalue weighted by Crippen LogP contribution is -2.16. The van der Waals surface area contributed by atoms with E-state index >= 15 is 0 Å². The average molecular weight is 574 g/mol. The molecule has 4 aromatic rings. The maximum absolute atomic E-state index is 14.0. The number of carbonyl (C=O) groups is 1. The van der Waals surface area contributed by atoms with E-state index < -0.39 is 23.7 Å². The highest BCUT2D eigenvalue weighted by Gasteiger charge is 2.24. The minimum absolute atomic E-state index is 0.145. The number of methoxy groups -OCH3 is 2. The second-order valence-electron chi connectivity index (χ2n) is 8.52. The molecule has 4 rings (SSSR count). The lowest BCUT2D eigenvalue weighted by molar-refractivity contribution is -0.377. The predicted molar refractivity (Wildman–Crippen MR) is 145 cm³/mol. The minimum Gasteiger partial charge on any atom is -0.493 e. The molecule has 2 N–H and O–H groups in total. The molecular weight excluding hydrogens is 549 g/mol. The zero-order valence-corrected chi connectivity index (χ0v) is 22.6. The van der Waals surface area contributed by atoms with E-state index in [4.69, 9.17) is 37.4 Å². The molecule has 0 saturated carbocycles. The molecule has 3 aromatic carbocycles. The lowest BCUT2D eigenvalue weighted by Gasteiger charge is -2.21. The molecule has 0 aliphatic rings. The minimum atomic E-state index is -0.773. The van der Waals surface area contributed by atoms with Crippen molar-refractivity contribution in [3.05, 3.63) is 117 Å². The number of carbonyl (C=O) groups excluding carboxylic acids is 1. The SMILES string of the molecule is COc1ccc([C@H](Cc2c(Cl)c[nH+]cc2Cl)OC(=O)c2cccc(CNc3ccc(F)cc3F)c2)cc1OC. The quantitative estimate of drug-likeness (QED) is 0.210. The van der Waals surface area contributed by atoms with Crippen LogP contribution >= 0.6 is 23.2 Å². The summed E-state index contributed by atoms with van der Waals surface area (Å²) in [4.78, 5) is 16.2. The molecule has 0 fully saturated rings. The van der Waals surface area contributed by atoms with E-state index in [9.17, 15) is 13.6 Å². The molecule has 0 radical (unpaired) electrons. The van der Waals surface area contributed by atoms with Crippen LogP contribution in [0.5, 0.6) is 11.5 Å². The Bertz CT molecular complexity index is 1470. The number of aromatic amines is 1. The molecular formula is C29H25Cl2F2N2O4+. The number of halogens is 4. The summed E-state index contributed by atoms with van der Waals surface area (Å²) in [5.41, 5.74) is 2.37. The van der Waals surface area contributed by atoms with E-state index in [-0.39, 0.29) is 24.2 Å². The van der Waals surface area contributed by atoms with Crippen LogP contribution in [0, 0.1) is 11.6 Å². The summed E-state index contributed by atoms with van der Waals surface area (Å²) < 4.78 is 43.9. The van der Waals surface area contributed by atoms with Crippen LogP contribution in [0.15, 0.2) is 73.1 Å². The van der Waals surface area contributed by atoms with E-state index in [0.29, 0.717) is 38.2 Å². The molecule has 0 amide bonds. The molecule has 1 heterocycles. The Balaban J connectivity index is 1.58. The van der Waals surface area contributed by atoms with Crippen LogP contribution in [-0.2, 0) is 17.7 Å². The zero-order valence-electron chi connectivity index (χ0n) is 21.1. The monoisotopic (exact) mass is 573 g/mol. The maximum atomic E-state index is 14.0. The van der Waals surface area contributed by atoms with Gasteiger partial charge in [-0.1, -0.05) is 41.4 Å². The van der Waals surface area contributed by atoms with E-state index in [1.165, 1.54) is 20.3 Å². The van der Waals surface area contributed by atoms with Crippen LogP contribution in [0.3, 0.4) is 0 Å². The highest BCUT2D eigenvalue weighted by Crippen LogP contribution is 2.35. The Morgan fingerprint density at radius 1 is 0.949 bits per heavy atom. The number of esters is 1. The second kappa shape index (κ2) is 12.8. The van der Waals surface area contributed by atoms with Gasteiger partial charge in [0.05, 0.1) is 25.5 Å². The first kappa shape index (κ1) is 28.1. The first-order valence-electron chi connectivity index (χ1n) is 11.8. The van der Waals surface area contributed by atoms with Gasteiger partial charge in [-0.15, -0.1) is 0 Å². The molecule has 0 bridgehead atoms. The van der Waals surface area contributed by atoms with Crippen LogP contribution in [0.2, 0.25) is 10.0 Å². The van der Waals surface area contributed by atoms with E-state index in [1.54, 1.807) is 54.9 Å². The normalized spacial score (nSPS) is 11.5. The number of anilines is 1. The summed E-state index contributed by atoms with van der Waals surface area (Å²) in [7, 11) is 3.04. The Kier molecular flexibility index (Phi) is 9.22. The van der Waals surface area contributed by atoms with Gasteiger partial charge in [-0.2, -0.15) is 0 Å². The van der Waals surface area contributed by atoms with Crippen LogP contribution in [0.4, 0.5) is 14.5 Å². The molecule has 0 aliphatic carbocycles. The van der Waals surface area contributed by atoms with Gasteiger partial charge in [-0.3, -0.25) is 0 Å². The molecule has 202 valence electrons. The molecule has 0 aliphatic heterocycles. The summed E-state index contributed by atoms with van der Waals surface area (Å²) in [6.07, 6.45) is 2.61. The van der Waals surface area contributed by atoms with E-state index in [1.807, 2.05) is 0 Å². The van der Waals surface area contributed by atoms with Gasteiger partial charge in [0.25, 0.3) is 0 Å². The fourth-order valence-electron chi connectivity index (χ4n) is 3.97. The van der Waals surface area contributed by atoms with Crippen molar-refractivity contribution < 1.29 is 32.8 Å². The highest BCUT2D eigenvalue weighted by atomic mass is 35.5. The number of aromatic nitrogens is 1. The maximum Gasteiger partial charge on any atom is 0.338 e. The first-order chi connectivity index (χ1) is 18.8. The van der Waals surface area contributed by atoms with Crippen LogP contribution in [0.25, 0.3) is 0 Å². The molecule has 6 nitrogen and oxygen atoms in total. The Morgan fingerprint density at radius 3 is 2.38 bits per heavy atom. The lowest BCUT2D eigenvalue weighted by atomic mass is 10.0. The summed E-state index contributed by atoms with van der Waals surface area (Å²) >= 11 is 12.8. The number of hydrogen-bond donors (Lipinski definition) is 1. The van der Waals surface area contributed by atoms with Crippen molar-refractivity contribution in [3.63, 3.8) is 0 Å². The Labute approximate surface area is 234 Å². The third kappa shape index (κ3) is 6.96. The van der Waals surface area contributed by atoms with Crippen molar-refractivity contribution >= 4 is 34.9 Å². The van der Waals surface area contributed by atoms with Crippen LogP contribution in [0.1, 0.15) is 33.2 Å². The van der Waals surface area contributed by atoms with Crippen molar-refractivity contribution in [1.29, 1.82) is 0 Å². The highest BCUT2D eigenvalue weighted by molar-refractivity contribution is 6.35. The standard InChI is InChI=1S/C29H24Cl2F2N2O4/c1-37-26-9-6-18(11-28(26)38-2)27(13-21-22(30)15-34-16-23(21)31)39-29(36)19-5-3-4-17(10-19)14-35-25-8-7-20(32)12-24(25)33/h3-12,15-16,27,35H,13-14H2,1-2H3/p+1/t27-/m0/s1. The summed E-state index contributed by atoms with van der Waals surface area (Å²) in [5.74, 6) is -0.966. The van der Waals surface area contributed by atoms with Crippen molar-refractivity contribution in [2.24, 2.45) is 0 Å². The second-order valence-corrected chi connectivity index (χ2v) is 9.33. The number of nitrogens with one attached hydrogen (secondary N) is 2. The number of rotatable bonds is 10. The summed E-state index contributed by atoms with van der Waals surface area (Å²) in [6, 6.07) is 15.2. The molecule has 0 spiro atoms. The molecule has 1 aromatic heterocycles. The van der Waals surface area contributed by atoms with Crippen LogP contribution in [-0.4, -0.2) is 20.2 Å². The number of ether oxygens (including phenoxy) is 3. The van der Waals surface area contributed by atoms with Gasteiger partial charge in [-0.25, -0.2) is 18.6 Å². The zero-order chi connectivity index (χ0) is 27.9. The number of H-pyrrole nitrogens is 1. The van der Waals surface area contributed by atoms with Gasteiger partial charge >= 0.3 is 5.97 Å². The fraction of sp³-hybridized carbons (Fsp3) is 0.172. The summed E-state index contributed by atoms with van der Waals surface area (Å²) in [6.45, 7) is 0.203. The molecule has 1 atom stereocenters. The van der Waals surface area contributed by atoms with Crippen molar-refractivity contribution in [1.82, 2.24) is 0 Å². The number of pyridine rings is 1. The number of benzene rings is 3. The van der Waals surface area contributed by atoms with Gasteiger partial charge in [0, 0.05) is 24.6 Å². The Hall–Kier alpha value is -3.88. The average Bonchev–Trinajstić information content (AvgIpc) is 2.93. The van der Waals surface area contributed by atoms with E-state index in [0.717, 1.165) is 12.1 Å². The van der Waals surface area contributed by atoms with Gasteiger partial charge < -0.3 is 19.5 Å². The predicted octanol–water partition coefficient (Wildman–Crippen LogP) is 6.86. The first-order valence-corrected chi connectivity index (χ1v) is 12.6. The molecule has 10 heteroatoms. The third-order valence-electron chi connectivity index (χ3n) is 5.99. The van der Waals surface area contributed by atoms with Crippen LogP contribution < -0.4 is 19.8 Å². The van der Waals surface area contributed by atoms with Gasteiger partial charge in [-0.05, 0) is 47.5 Å². The molecule has 0 unspecified atom stereocenters. The van der Waals surface area contributed by atoms with Crippen molar-refractivity contribution in [3.8, 4) is 11.5 Å². The Morgan fingerprint density at radius 2 is 1.69 bits per heavy atom. The summed E-state index contributed by atoms with van der Waals surface area (Å²) in [5, 5.41) is 3.69. The van der Waals surface area contributed by atoms with Gasteiger partial charge in [0.2, 0.25) is 0 Å². The largest absolute Gasteiger partial charge is 0.493 e.